The lowest BCUT2D eigenvalue weighted by atomic mass is 10.3. The highest BCUT2D eigenvalue weighted by Crippen LogP contribution is 2.23. The lowest BCUT2D eigenvalue weighted by molar-refractivity contribution is 0.300. The maximum Gasteiger partial charge on any atom is 0.185 e. The van der Waals surface area contributed by atoms with Crippen LogP contribution in [0, 0.1) is 0 Å². The topological polar surface area (TPSA) is 45.4 Å². The first-order chi connectivity index (χ1) is 9.12. The Morgan fingerprint density at radius 2 is 1.89 bits per heavy atom. The molecule has 0 aliphatic rings. The highest BCUT2D eigenvalue weighted by Gasteiger charge is 2.11. The van der Waals surface area contributed by atoms with Gasteiger partial charge in [0.05, 0.1) is 5.69 Å². The third kappa shape index (κ3) is 5.09. The van der Waals surface area contributed by atoms with Gasteiger partial charge in [-0.05, 0) is 39.9 Å². The maximum absolute atomic E-state index is 5.86. The zero-order valence-electron chi connectivity index (χ0n) is 12.7. The molecule has 0 aliphatic carbocycles. The molecule has 19 heavy (non-hydrogen) atoms. The van der Waals surface area contributed by atoms with Gasteiger partial charge >= 0.3 is 0 Å². The van der Waals surface area contributed by atoms with Gasteiger partial charge in [0.15, 0.2) is 5.13 Å². The Morgan fingerprint density at radius 1 is 1.21 bits per heavy atom. The normalized spacial score (nSPS) is 12.9. The number of nitrogens with two attached hydrogens (primary N) is 1. The van der Waals surface area contributed by atoms with E-state index in [0.717, 1.165) is 43.5 Å². The van der Waals surface area contributed by atoms with Gasteiger partial charge in [0, 0.05) is 24.5 Å². The first-order valence-corrected chi connectivity index (χ1v) is 8.18. The van der Waals surface area contributed by atoms with Crippen LogP contribution in [0.4, 0.5) is 5.13 Å². The van der Waals surface area contributed by atoms with Gasteiger partial charge < -0.3 is 15.5 Å². The Balaban J connectivity index is 2.48. The summed E-state index contributed by atoms with van der Waals surface area (Å²) in [7, 11) is 0. The summed E-state index contributed by atoms with van der Waals surface area (Å²) in [4.78, 5) is 9.43. The highest BCUT2D eigenvalue weighted by molar-refractivity contribution is 7.13. The molecule has 0 radical (unpaired) electrons. The number of thiazole rings is 1. The van der Waals surface area contributed by atoms with E-state index in [-0.39, 0.29) is 6.04 Å². The average Bonchev–Trinajstić information content (AvgIpc) is 2.89. The first kappa shape index (κ1) is 16.4. The van der Waals surface area contributed by atoms with Crippen LogP contribution in [0.25, 0.3) is 0 Å². The molecule has 0 spiro atoms. The molecule has 0 bridgehead atoms. The predicted molar refractivity (Wildman–Crippen MR) is 85.0 cm³/mol. The van der Waals surface area contributed by atoms with Gasteiger partial charge in [-0.3, -0.25) is 0 Å². The van der Waals surface area contributed by atoms with Gasteiger partial charge in [0.25, 0.3) is 0 Å². The van der Waals surface area contributed by atoms with E-state index in [9.17, 15) is 0 Å². The van der Waals surface area contributed by atoms with Crippen LogP contribution in [0.15, 0.2) is 5.38 Å². The molecule has 1 atom stereocenters. The average molecular weight is 284 g/mol. The van der Waals surface area contributed by atoms with Gasteiger partial charge in [-0.2, -0.15) is 0 Å². The van der Waals surface area contributed by atoms with Gasteiger partial charge in [0.1, 0.15) is 0 Å². The minimum atomic E-state index is 0.0272. The Bertz CT molecular complexity index is 347. The van der Waals surface area contributed by atoms with E-state index >= 15 is 0 Å². The van der Waals surface area contributed by atoms with E-state index in [1.807, 2.05) is 6.92 Å². The number of rotatable bonds is 9. The fourth-order valence-corrected chi connectivity index (χ4v) is 3.07. The van der Waals surface area contributed by atoms with Crippen molar-refractivity contribution in [2.75, 3.05) is 37.6 Å². The largest absolute Gasteiger partial charge is 0.348 e. The lowest BCUT2D eigenvalue weighted by Crippen LogP contribution is -2.30. The Labute approximate surface area is 121 Å². The number of hydrogen-bond donors (Lipinski definition) is 1. The van der Waals surface area contributed by atoms with Crippen molar-refractivity contribution in [1.29, 1.82) is 0 Å². The Morgan fingerprint density at radius 3 is 2.37 bits per heavy atom. The molecule has 1 heterocycles. The molecule has 0 amide bonds. The molecule has 0 saturated carbocycles. The molecule has 110 valence electrons. The smallest absolute Gasteiger partial charge is 0.185 e. The second-order valence-electron chi connectivity index (χ2n) is 4.80. The summed E-state index contributed by atoms with van der Waals surface area (Å²) in [6.45, 7) is 14.1. The molecule has 0 saturated heterocycles. The van der Waals surface area contributed by atoms with Crippen LogP contribution < -0.4 is 10.6 Å². The van der Waals surface area contributed by atoms with Gasteiger partial charge in [0.2, 0.25) is 0 Å². The second kappa shape index (κ2) is 8.51. The van der Waals surface area contributed by atoms with Crippen LogP contribution >= 0.6 is 11.3 Å². The van der Waals surface area contributed by atoms with Crippen LogP contribution in [0.3, 0.4) is 0 Å². The van der Waals surface area contributed by atoms with E-state index < -0.39 is 0 Å². The van der Waals surface area contributed by atoms with Crippen molar-refractivity contribution in [2.24, 2.45) is 5.73 Å². The monoisotopic (exact) mass is 284 g/mol. The molecular formula is C14H28N4S. The first-order valence-electron chi connectivity index (χ1n) is 7.30. The summed E-state index contributed by atoms with van der Waals surface area (Å²) in [5.74, 6) is 0. The van der Waals surface area contributed by atoms with Gasteiger partial charge in [-0.15, -0.1) is 11.3 Å². The fraction of sp³-hybridized carbons (Fsp3) is 0.786. The molecule has 1 aromatic rings. The molecule has 2 N–H and O–H groups in total. The van der Waals surface area contributed by atoms with Crippen LogP contribution in [0.1, 0.15) is 45.9 Å². The highest BCUT2D eigenvalue weighted by atomic mass is 32.1. The summed E-state index contributed by atoms with van der Waals surface area (Å²) in [6, 6.07) is 0.0272. The minimum Gasteiger partial charge on any atom is -0.348 e. The summed E-state index contributed by atoms with van der Waals surface area (Å²) < 4.78 is 0. The van der Waals surface area contributed by atoms with E-state index in [2.05, 4.69) is 40.9 Å². The molecule has 0 fully saturated rings. The predicted octanol–water partition coefficient (Wildman–Crippen LogP) is 2.72. The van der Waals surface area contributed by atoms with Crippen LogP contribution in [-0.4, -0.2) is 42.6 Å². The third-order valence-electron chi connectivity index (χ3n) is 3.43. The molecule has 5 heteroatoms. The van der Waals surface area contributed by atoms with Crippen LogP contribution in [0.5, 0.6) is 0 Å². The van der Waals surface area contributed by atoms with Crippen molar-refractivity contribution in [2.45, 2.75) is 40.2 Å². The zero-order chi connectivity index (χ0) is 14.3. The summed E-state index contributed by atoms with van der Waals surface area (Å²) >= 11 is 1.70. The maximum atomic E-state index is 5.86. The molecule has 0 aromatic carbocycles. The van der Waals surface area contributed by atoms with Crippen molar-refractivity contribution in [1.82, 2.24) is 9.88 Å². The second-order valence-corrected chi connectivity index (χ2v) is 5.64. The van der Waals surface area contributed by atoms with E-state index in [1.165, 1.54) is 6.42 Å². The standard InChI is InChI=1S/C14H28N4S/c1-5-17(6-2)9-8-10-18(7-3)14-16-13(11-19-14)12(4)15/h11-12H,5-10,15H2,1-4H3. The number of aromatic nitrogens is 1. The molecular weight excluding hydrogens is 256 g/mol. The van der Waals surface area contributed by atoms with E-state index in [0.29, 0.717) is 0 Å². The molecule has 1 unspecified atom stereocenters. The number of hydrogen-bond acceptors (Lipinski definition) is 5. The van der Waals surface area contributed by atoms with E-state index in [4.69, 9.17) is 5.73 Å². The Hall–Kier alpha value is -0.650. The minimum absolute atomic E-state index is 0.0272. The molecule has 4 nitrogen and oxygen atoms in total. The van der Waals surface area contributed by atoms with Gasteiger partial charge in [-0.25, -0.2) is 4.98 Å². The number of anilines is 1. The summed E-state index contributed by atoms with van der Waals surface area (Å²) in [5.41, 5.74) is 6.87. The molecule has 0 aliphatic heterocycles. The van der Waals surface area contributed by atoms with Crippen molar-refractivity contribution >= 4 is 16.5 Å². The van der Waals surface area contributed by atoms with Gasteiger partial charge in [-0.1, -0.05) is 13.8 Å². The quantitative estimate of drug-likeness (QED) is 0.757. The zero-order valence-corrected chi connectivity index (χ0v) is 13.5. The Kier molecular flexibility index (Phi) is 7.34. The van der Waals surface area contributed by atoms with Crippen molar-refractivity contribution in [3.63, 3.8) is 0 Å². The van der Waals surface area contributed by atoms with Crippen LogP contribution in [0.2, 0.25) is 0 Å². The third-order valence-corrected chi connectivity index (χ3v) is 4.35. The summed E-state index contributed by atoms with van der Waals surface area (Å²) in [6.07, 6.45) is 1.18. The van der Waals surface area contributed by atoms with Crippen molar-refractivity contribution in [3.05, 3.63) is 11.1 Å². The van der Waals surface area contributed by atoms with Crippen molar-refractivity contribution in [3.8, 4) is 0 Å². The fourth-order valence-electron chi connectivity index (χ4n) is 2.04. The molecule has 1 rings (SSSR count). The SMILES string of the molecule is CCN(CC)CCCN(CC)c1nc(C(C)N)cs1. The van der Waals surface area contributed by atoms with Crippen LogP contribution in [-0.2, 0) is 0 Å². The number of nitrogens with zero attached hydrogens (tertiary/aromatic N) is 3. The van der Waals surface area contributed by atoms with E-state index in [1.54, 1.807) is 11.3 Å². The lowest BCUT2D eigenvalue weighted by Gasteiger charge is -2.23. The van der Waals surface area contributed by atoms with Crippen molar-refractivity contribution < 1.29 is 0 Å². The molecule has 1 aromatic heterocycles. The summed E-state index contributed by atoms with van der Waals surface area (Å²) in [5, 5.41) is 3.18.